The Morgan fingerprint density at radius 2 is 1.82 bits per heavy atom. The van der Waals surface area contributed by atoms with Crippen LogP contribution >= 0.6 is 0 Å². The Morgan fingerprint density at radius 3 is 2.50 bits per heavy atom. The number of aryl methyl sites for hydroxylation is 1. The van der Waals surface area contributed by atoms with Crippen LogP contribution in [0.5, 0.6) is 0 Å². The lowest BCUT2D eigenvalue weighted by Crippen LogP contribution is -2.35. The van der Waals surface area contributed by atoms with E-state index in [-0.39, 0.29) is 11.7 Å². The summed E-state index contributed by atoms with van der Waals surface area (Å²) in [5.74, 6) is 0.786. The number of likely N-dealkylation sites (tertiary alicyclic amines) is 1. The standard InChI is InChI=1S/C23H26FN3O/c1-26-13-10-25-23(26)22(28)18-8-11-27(12-9-18)16-17-4-2-5-19(14-17)20-6-3-7-21(24)15-20/h2-7,10,13-15,18,22,28H,8-9,11-12,16H2,1H3/t22-/m1/s1. The molecule has 0 unspecified atom stereocenters. The first kappa shape index (κ1) is 18.8. The third-order valence-electron chi connectivity index (χ3n) is 5.69. The van der Waals surface area contributed by atoms with Crippen molar-refractivity contribution >= 4 is 0 Å². The minimum atomic E-state index is -0.501. The Labute approximate surface area is 165 Å². The smallest absolute Gasteiger partial charge is 0.137 e. The lowest BCUT2D eigenvalue weighted by Gasteiger charge is -2.34. The van der Waals surface area contributed by atoms with Gasteiger partial charge in [0.25, 0.3) is 0 Å². The van der Waals surface area contributed by atoms with Crippen LogP contribution in [0.15, 0.2) is 60.9 Å². The van der Waals surface area contributed by atoms with E-state index in [1.807, 2.05) is 36.0 Å². The van der Waals surface area contributed by atoms with Gasteiger partial charge in [0.15, 0.2) is 0 Å². The summed E-state index contributed by atoms with van der Waals surface area (Å²) in [4.78, 5) is 6.72. The van der Waals surface area contributed by atoms with Crippen LogP contribution in [0.1, 0.15) is 30.3 Å². The number of benzene rings is 2. The normalized spacial score (nSPS) is 17.0. The monoisotopic (exact) mass is 379 g/mol. The van der Waals surface area contributed by atoms with E-state index in [9.17, 15) is 9.50 Å². The van der Waals surface area contributed by atoms with Crippen LogP contribution in [0.25, 0.3) is 11.1 Å². The highest BCUT2D eigenvalue weighted by Crippen LogP contribution is 2.30. The Hall–Kier alpha value is -2.50. The molecule has 146 valence electrons. The zero-order valence-electron chi connectivity index (χ0n) is 16.1. The summed E-state index contributed by atoms with van der Waals surface area (Å²) in [6.07, 6.45) is 5.02. The maximum Gasteiger partial charge on any atom is 0.137 e. The molecule has 0 radical (unpaired) electrons. The summed E-state index contributed by atoms with van der Waals surface area (Å²) in [6, 6.07) is 15.0. The van der Waals surface area contributed by atoms with Gasteiger partial charge in [-0.2, -0.15) is 0 Å². The van der Waals surface area contributed by atoms with Crippen molar-refractivity contribution in [3.8, 4) is 11.1 Å². The number of hydrogen-bond acceptors (Lipinski definition) is 3. The highest BCUT2D eigenvalue weighted by atomic mass is 19.1. The molecule has 1 N–H and O–H groups in total. The van der Waals surface area contributed by atoms with Crippen LogP contribution < -0.4 is 0 Å². The van der Waals surface area contributed by atoms with E-state index in [0.717, 1.165) is 49.4 Å². The third-order valence-corrected chi connectivity index (χ3v) is 5.69. The average Bonchev–Trinajstić information content (AvgIpc) is 3.14. The maximum absolute atomic E-state index is 13.5. The van der Waals surface area contributed by atoms with Crippen LogP contribution in [-0.2, 0) is 13.6 Å². The summed E-state index contributed by atoms with van der Waals surface area (Å²) in [5.41, 5.74) is 3.17. The summed E-state index contributed by atoms with van der Waals surface area (Å²) in [6.45, 7) is 2.78. The topological polar surface area (TPSA) is 41.3 Å². The number of aliphatic hydroxyl groups is 1. The molecule has 2 aromatic carbocycles. The van der Waals surface area contributed by atoms with Crippen LogP contribution in [0.2, 0.25) is 0 Å². The van der Waals surface area contributed by atoms with Gasteiger partial charge in [-0.05, 0) is 66.7 Å². The Bertz CT molecular complexity index is 931. The van der Waals surface area contributed by atoms with Crippen molar-refractivity contribution in [1.29, 1.82) is 0 Å². The van der Waals surface area contributed by atoms with Gasteiger partial charge in [0.05, 0.1) is 0 Å². The van der Waals surface area contributed by atoms with E-state index in [4.69, 9.17) is 0 Å². The first-order chi connectivity index (χ1) is 13.6. The Balaban J connectivity index is 1.37. The number of imidazole rings is 1. The molecular weight excluding hydrogens is 353 g/mol. The number of aromatic nitrogens is 2. The molecule has 0 spiro atoms. The molecule has 1 atom stereocenters. The summed E-state index contributed by atoms with van der Waals surface area (Å²) < 4.78 is 15.4. The number of rotatable bonds is 5. The molecule has 28 heavy (non-hydrogen) atoms. The van der Waals surface area contributed by atoms with Gasteiger partial charge in [0, 0.05) is 26.0 Å². The van der Waals surface area contributed by atoms with Gasteiger partial charge in [0.2, 0.25) is 0 Å². The molecular formula is C23H26FN3O. The SMILES string of the molecule is Cn1ccnc1[C@H](O)C1CCN(Cc2cccc(-c3cccc(F)c3)c2)CC1. The highest BCUT2D eigenvalue weighted by molar-refractivity contribution is 5.64. The average molecular weight is 379 g/mol. The fourth-order valence-corrected chi connectivity index (χ4v) is 4.08. The predicted octanol–water partition coefficient (Wildman–Crippen LogP) is 4.17. The van der Waals surface area contributed by atoms with Crippen molar-refractivity contribution in [3.05, 3.63) is 78.1 Å². The molecule has 1 saturated heterocycles. The predicted molar refractivity (Wildman–Crippen MR) is 108 cm³/mol. The van der Waals surface area contributed by atoms with E-state index in [0.29, 0.717) is 0 Å². The fraction of sp³-hybridized carbons (Fsp3) is 0.348. The molecule has 0 aliphatic carbocycles. The molecule has 1 fully saturated rings. The number of aliphatic hydroxyl groups excluding tert-OH is 1. The second kappa shape index (κ2) is 8.25. The molecule has 3 aromatic rings. The van der Waals surface area contributed by atoms with Crippen molar-refractivity contribution in [1.82, 2.24) is 14.5 Å². The second-order valence-corrected chi connectivity index (χ2v) is 7.67. The minimum absolute atomic E-state index is 0.212. The molecule has 5 heteroatoms. The Morgan fingerprint density at radius 1 is 1.11 bits per heavy atom. The van der Waals surface area contributed by atoms with Crippen LogP contribution in [-0.4, -0.2) is 32.6 Å². The van der Waals surface area contributed by atoms with Gasteiger partial charge in [-0.3, -0.25) is 4.90 Å². The largest absolute Gasteiger partial charge is 0.385 e. The zero-order chi connectivity index (χ0) is 19.5. The summed E-state index contributed by atoms with van der Waals surface area (Å²) in [7, 11) is 1.92. The van der Waals surface area contributed by atoms with Gasteiger partial charge >= 0.3 is 0 Å². The first-order valence-corrected chi connectivity index (χ1v) is 9.82. The second-order valence-electron chi connectivity index (χ2n) is 7.67. The van der Waals surface area contributed by atoms with E-state index < -0.39 is 6.10 Å². The van der Waals surface area contributed by atoms with Gasteiger partial charge in [-0.25, -0.2) is 9.37 Å². The van der Waals surface area contributed by atoms with Crippen molar-refractivity contribution in [2.75, 3.05) is 13.1 Å². The van der Waals surface area contributed by atoms with Gasteiger partial charge in [0.1, 0.15) is 17.7 Å². The van der Waals surface area contributed by atoms with E-state index >= 15 is 0 Å². The van der Waals surface area contributed by atoms with Crippen molar-refractivity contribution < 1.29 is 9.50 Å². The summed E-state index contributed by atoms with van der Waals surface area (Å²) >= 11 is 0. The van der Waals surface area contributed by atoms with Gasteiger partial charge in [-0.1, -0.05) is 30.3 Å². The minimum Gasteiger partial charge on any atom is -0.385 e. The highest BCUT2D eigenvalue weighted by Gasteiger charge is 2.28. The van der Waals surface area contributed by atoms with Crippen molar-refractivity contribution in [3.63, 3.8) is 0 Å². The Kier molecular flexibility index (Phi) is 5.55. The number of halogens is 1. The molecule has 0 saturated carbocycles. The molecule has 1 aromatic heterocycles. The van der Waals surface area contributed by atoms with Crippen molar-refractivity contribution in [2.45, 2.75) is 25.5 Å². The van der Waals surface area contributed by atoms with E-state index in [2.05, 4.69) is 22.0 Å². The fourth-order valence-electron chi connectivity index (χ4n) is 4.08. The van der Waals surface area contributed by atoms with Crippen LogP contribution in [0, 0.1) is 11.7 Å². The first-order valence-electron chi connectivity index (χ1n) is 9.82. The number of piperidine rings is 1. The van der Waals surface area contributed by atoms with Crippen LogP contribution in [0.4, 0.5) is 4.39 Å². The summed E-state index contributed by atoms with van der Waals surface area (Å²) in [5, 5.41) is 10.6. The quantitative estimate of drug-likeness (QED) is 0.723. The molecule has 4 rings (SSSR count). The molecule has 1 aliphatic heterocycles. The van der Waals surface area contributed by atoms with Gasteiger partial charge < -0.3 is 9.67 Å². The lowest BCUT2D eigenvalue weighted by molar-refractivity contribution is 0.0492. The third kappa shape index (κ3) is 4.16. The van der Waals surface area contributed by atoms with Gasteiger partial charge in [-0.15, -0.1) is 0 Å². The molecule has 4 nitrogen and oxygen atoms in total. The van der Waals surface area contributed by atoms with E-state index in [1.54, 1.807) is 18.3 Å². The molecule has 2 heterocycles. The van der Waals surface area contributed by atoms with Crippen LogP contribution in [0.3, 0.4) is 0 Å². The number of hydrogen-bond donors (Lipinski definition) is 1. The molecule has 1 aliphatic rings. The zero-order valence-corrected chi connectivity index (χ0v) is 16.1. The van der Waals surface area contributed by atoms with Crippen molar-refractivity contribution in [2.24, 2.45) is 13.0 Å². The molecule has 0 bridgehead atoms. The lowest BCUT2D eigenvalue weighted by atomic mass is 9.90. The van der Waals surface area contributed by atoms with E-state index in [1.165, 1.54) is 11.6 Å². The number of nitrogens with zero attached hydrogens (tertiary/aromatic N) is 3. The molecule has 0 amide bonds. The maximum atomic E-state index is 13.5.